The zero-order valence-electron chi connectivity index (χ0n) is 14.8. The van der Waals surface area contributed by atoms with Crippen molar-refractivity contribution < 1.29 is 13.3 Å². The quantitative estimate of drug-likeness (QED) is 0.689. The average Bonchev–Trinajstić information content (AvgIpc) is 2.44. The fourth-order valence-corrected chi connectivity index (χ4v) is 2.35. The number of ether oxygens (including phenoxy) is 1. The zero-order chi connectivity index (χ0) is 17.7. The zero-order valence-corrected chi connectivity index (χ0v) is 15.6. The topological polar surface area (TPSA) is 42.2 Å². The van der Waals surface area contributed by atoms with Crippen LogP contribution in [0.1, 0.15) is 38.8 Å². The van der Waals surface area contributed by atoms with Gasteiger partial charge in [-0.2, -0.15) is 5.26 Å². The van der Waals surface area contributed by atoms with E-state index in [0.717, 1.165) is 0 Å². The highest BCUT2D eigenvalue weighted by Gasteiger charge is 2.29. The molecule has 5 heteroatoms. The van der Waals surface area contributed by atoms with E-state index in [1.54, 1.807) is 12.1 Å². The number of benzene rings is 1. The van der Waals surface area contributed by atoms with Gasteiger partial charge in [-0.3, -0.25) is 0 Å². The lowest BCUT2D eigenvalue weighted by Gasteiger charge is -2.43. The van der Waals surface area contributed by atoms with Gasteiger partial charge in [0.1, 0.15) is 29.8 Å². The molecular weight excluding hydrogens is 313 g/mol. The molecule has 0 saturated carbocycles. The Morgan fingerprint density at radius 1 is 1.30 bits per heavy atom. The van der Waals surface area contributed by atoms with Gasteiger partial charge in [-0.15, -0.1) is 10.3 Å². The van der Waals surface area contributed by atoms with Crippen LogP contribution in [0.3, 0.4) is 0 Å². The SMILES string of the molecule is C/C=C/COc1cc(COS(C)(C)C(C)(C)C)cc(F)c1C#N. The van der Waals surface area contributed by atoms with E-state index in [9.17, 15) is 4.39 Å². The van der Waals surface area contributed by atoms with Crippen LogP contribution in [0.5, 0.6) is 5.75 Å². The highest BCUT2D eigenvalue weighted by molar-refractivity contribution is 8.29. The molecule has 0 heterocycles. The summed E-state index contributed by atoms with van der Waals surface area (Å²) in [5, 5.41) is 9.10. The second-order valence-electron chi connectivity index (χ2n) is 6.55. The Labute approximate surface area is 140 Å². The predicted molar refractivity (Wildman–Crippen MR) is 95.4 cm³/mol. The molecule has 0 atom stereocenters. The summed E-state index contributed by atoms with van der Waals surface area (Å²) in [5.74, 6) is -0.319. The summed E-state index contributed by atoms with van der Waals surface area (Å²) in [6.07, 6.45) is 7.83. The number of hydrogen-bond donors (Lipinski definition) is 0. The smallest absolute Gasteiger partial charge is 0.145 e. The molecule has 0 aromatic heterocycles. The molecular formula is C18H26FNO2S. The van der Waals surface area contributed by atoms with Crippen molar-refractivity contribution in [2.24, 2.45) is 0 Å². The van der Waals surface area contributed by atoms with Gasteiger partial charge in [-0.1, -0.05) is 32.9 Å². The van der Waals surface area contributed by atoms with Crippen molar-refractivity contribution in [3.63, 3.8) is 0 Å². The molecule has 1 aromatic rings. The Bertz CT molecular complexity index is 613. The molecule has 0 bridgehead atoms. The molecule has 0 unspecified atom stereocenters. The maximum Gasteiger partial charge on any atom is 0.145 e. The normalized spacial score (nSPS) is 13.1. The summed E-state index contributed by atoms with van der Waals surface area (Å²) in [5.41, 5.74) is 0.600. The van der Waals surface area contributed by atoms with Crippen LogP contribution in [0, 0.1) is 17.1 Å². The van der Waals surface area contributed by atoms with E-state index in [1.807, 2.05) is 19.1 Å². The van der Waals surface area contributed by atoms with Crippen molar-refractivity contribution in [2.75, 3.05) is 19.1 Å². The van der Waals surface area contributed by atoms with Gasteiger partial charge in [0.15, 0.2) is 0 Å². The minimum atomic E-state index is -1.30. The van der Waals surface area contributed by atoms with E-state index in [-0.39, 0.29) is 16.1 Å². The van der Waals surface area contributed by atoms with Gasteiger partial charge >= 0.3 is 0 Å². The first-order valence-electron chi connectivity index (χ1n) is 7.46. The molecule has 0 amide bonds. The molecule has 0 fully saturated rings. The van der Waals surface area contributed by atoms with Crippen molar-refractivity contribution in [3.8, 4) is 11.8 Å². The van der Waals surface area contributed by atoms with Gasteiger partial charge in [0.05, 0.1) is 6.61 Å². The van der Waals surface area contributed by atoms with Crippen LogP contribution in [0.25, 0.3) is 0 Å². The summed E-state index contributed by atoms with van der Waals surface area (Å²) in [6, 6.07) is 4.89. The third-order valence-electron chi connectivity index (χ3n) is 3.79. The highest BCUT2D eigenvalue weighted by atomic mass is 32.3. The Kier molecular flexibility index (Phi) is 6.67. The lowest BCUT2D eigenvalue weighted by molar-refractivity contribution is 0.332. The Balaban J connectivity index is 2.99. The van der Waals surface area contributed by atoms with Gasteiger partial charge in [-0.05, 0) is 37.1 Å². The molecule has 0 aliphatic carbocycles. The second kappa shape index (κ2) is 7.85. The van der Waals surface area contributed by atoms with Crippen molar-refractivity contribution >= 4 is 10.3 Å². The van der Waals surface area contributed by atoms with E-state index in [0.29, 0.717) is 18.8 Å². The summed E-state index contributed by atoms with van der Waals surface area (Å²) >= 11 is 0. The number of hydrogen-bond acceptors (Lipinski definition) is 3. The standard InChI is InChI=1S/C18H26FNO2S/c1-7-8-9-21-17-11-14(10-16(19)15(17)12-20)13-22-23(5,6)18(2,3)4/h7-8,10-11H,9,13H2,1-6H3/b8-7+. The predicted octanol–water partition coefficient (Wildman–Crippen LogP) is 4.95. The van der Waals surface area contributed by atoms with Crippen molar-refractivity contribution in [1.82, 2.24) is 0 Å². The van der Waals surface area contributed by atoms with Crippen LogP contribution in [-0.2, 0) is 10.8 Å². The Morgan fingerprint density at radius 3 is 2.48 bits per heavy atom. The Hall–Kier alpha value is -1.51. The molecule has 3 nitrogen and oxygen atoms in total. The van der Waals surface area contributed by atoms with Crippen LogP contribution in [-0.4, -0.2) is 23.9 Å². The van der Waals surface area contributed by atoms with Crippen LogP contribution >= 0.6 is 10.3 Å². The molecule has 0 aliphatic rings. The van der Waals surface area contributed by atoms with Crippen molar-refractivity contribution in [3.05, 3.63) is 41.2 Å². The first-order valence-corrected chi connectivity index (χ1v) is 9.83. The number of nitriles is 1. The molecule has 0 N–H and O–H groups in total. The van der Waals surface area contributed by atoms with Gasteiger partial charge < -0.3 is 8.92 Å². The molecule has 0 saturated heterocycles. The van der Waals surface area contributed by atoms with E-state index in [4.69, 9.17) is 14.2 Å². The number of nitrogens with zero attached hydrogens (tertiary/aromatic N) is 1. The maximum absolute atomic E-state index is 14.1. The molecule has 1 rings (SSSR count). The molecule has 0 aliphatic heterocycles. The largest absolute Gasteiger partial charge is 0.488 e. The minimum Gasteiger partial charge on any atom is -0.488 e. The van der Waals surface area contributed by atoms with E-state index in [1.165, 1.54) is 6.07 Å². The molecule has 0 radical (unpaired) electrons. The van der Waals surface area contributed by atoms with Gasteiger partial charge in [0.25, 0.3) is 0 Å². The third-order valence-corrected chi connectivity index (χ3v) is 7.45. The minimum absolute atomic E-state index is 0.0311. The summed E-state index contributed by atoms with van der Waals surface area (Å²) < 4.78 is 25.7. The second-order valence-corrected chi connectivity index (χ2v) is 10.5. The van der Waals surface area contributed by atoms with Gasteiger partial charge in [-0.25, -0.2) is 4.39 Å². The van der Waals surface area contributed by atoms with Crippen molar-refractivity contribution in [1.29, 1.82) is 5.26 Å². The summed E-state index contributed by atoms with van der Waals surface area (Å²) in [4.78, 5) is 0. The van der Waals surface area contributed by atoms with Crippen LogP contribution in [0.4, 0.5) is 4.39 Å². The third kappa shape index (κ3) is 5.26. The first kappa shape index (κ1) is 19.5. The van der Waals surface area contributed by atoms with Crippen LogP contribution in [0.2, 0.25) is 0 Å². The van der Waals surface area contributed by atoms with E-state index >= 15 is 0 Å². The fourth-order valence-electron chi connectivity index (χ4n) is 1.57. The van der Waals surface area contributed by atoms with Gasteiger partial charge in [0, 0.05) is 4.75 Å². The number of rotatable bonds is 6. The number of allylic oxidation sites excluding steroid dienone is 1. The summed E-state index contributed by atoms with van der Waals surface area (Å²) in [7, 11) is -1.30. The van der Waals surface area contributed by atoms with Gasteiger partial charge in [0.2, 0.25) is 0 Å². The van der Waals surface area contributed by atoms with Crippen LogP contribution < -0.4 is 4.74 Å². The molecule has 128 valence electrons. The van der Waals surface area contributed by atoms with E-state index in [2.05, 4.69) is 33.3 Å². The number of halogens is 1. The first-order chi connectivity index (χ1) is 10.6. The maximum atomic E-state index is 14.1. The average molecular weight is 339 g/mol. The molecule has 23 heavy (non-hydrogen) atoms. The lowest BCUT2D eigenvalue weighted by Crippen LogP contribution is -2.25. The lowest BCUT2D eigenvalue weighted by atomic mass is 10.1. The van der Waals surface area contributed by atoms with E-state index < -0.39 is 16.1 Å². The monoisotopic (exact) mass is 339 g/mol. The Morgan fingerprint density at radius 2 is 1.96 bits per heavy atom. The molecule has 1 aromatic carbocycles. The highest BCUT2D eigenvalue weighted by Crippen LogP contribution is 2.54. The molecule has 0 spiro atoms. The van der Waals surface area contributed by atoms with Crippen LogP contribution in [0.15, 0.2) is 24.3 Å². The summed E-state index contributed by atoms with van der Waals surface area (Å²) in [6.45, 7) is 8.86. The van der Waals surface area contributed by atoms with Crippen molar-refractivity contribution in [2.45, 2.75) is 39.0 Å². The fraction of sp³-hybridized carbons (Fsp3) is 0.500.